The van der Waals surface area contributed by atoms with Gasteiger partial charge in [0, 0.05) is 36.8 Å². The van der Waals surface area contributed by atoms with Gasteiger partial charge in [-0.2, -0.15) is 0 Å². The van der Waals surface area contributed by atoms with Crippen LogP contribution in [0.2, 0.25) is 0 Å². The second kappa shape index (κ2) is 10.3. The first-order valence-electron chi connectivity index (χ1n) is 12.6. The van der Waals surface area contributed by atoms with Crippen LogP contribution in [0.15, 0.2) is 47.0 Å². The summed E-state index contributed by atoms with van der Waals surface area (Å²) in [5.41, 5.74) is 1.49. The van der Waals surface area contributed by atoms with Gasteiger partial charge in [-0.05, 0) is 76.8 Å². The van der Waals surface area contributed by atoms with Gasteiger partial charge in [0.2, 0.25) is 5.91 Å². The number of aromatic nitrogens is 1. The number of anilines is 1. The number of ether oxygens (including phenoxy) is 1. The lowest BCUT2D eigenvalue weighted by Crippen LogP contribution is -2.55. The van der Waals surface area contributed by atoms with E-state index < -0.39 is 17.2 Å². The number of likely N-dealkylation sites (N-methyl/N-ethyl adjacent to an activating group) is 1. The van der Waals surface area contributed by atoms with Crippen LogP contribution in [-0.2, 0) is 27.3 Å². The molecule has 9 nitrogen and oxygen atoms in total. The number of furan rings is 1. The number of carbonyl (C=O) groups is 3. The zero-order chi connectivity index (χ0) is 27.7. The van der Waals surface area contributed by atoms with E-state index in [0.29, 0.717) is 25.2 Å². The molecule has 2 aromatic heterocycles. The lowest BCUT2D eigenvalue weighted by molar-refractivity contribution is -0.125. The zero-order valence-electron chi connectivity index (χ0n) is 22.7. The van der Waals surface area contributed by atoms with Crippen LogP contribution in [0.1, 0.15) is 56.6 Å². The summed E-state index contributed by atoms with van der Waals surface area (Å²) in [5, 5.41) is 6.51. The first-order chi connectivity index (χ1) is 17.8. The van der Waals surface area contributed by atoms with Crippen molar-refractivity contribution in [3.8, 4) is 0 Å². The summed E-state index contributed by atoms with van der Waals surface area (Å²) in [4.78, 5) is 44.1. The normalized spacial score (nSPS) is 17.6. The largest absolute Gasteiger partial charge is 0.461 e. The van der Waals surface area contributed by atoms with Gasteiger partial charge in [0.1, 0.15) is 28.3 Å². The number of carbonyl (C=O) groups excluding carboxylic acids is 3. The molecule has 2 N–H and O–H groups in total. The lowest BCUT2D eigenvalue weighted by Gasteiger charge is -2.29. The van der Waals surface area contributed by atoms with Crippen molar-refractivity contribution in [2.75, 3.05) is 12.4 Å². The van der Waals surface area contributed by atoms with Crippen LogP contribution in [0.5, 0.6) is 0 Å². The Morgan fingerprint density at radius 1 is 1.29 bits per heavy atom. The quantitative estimate of drug-likeness (QED) is 0.461. The van der Waals surface area contributed by atoms with Crippen LogP contribution >= 0.6 is 0 Å². The standard InChI is InChI=1S/C29H34N4O5/c1-18-22(21-9-7-8-10-23(21)37-18)17-33(6)24(34)12-11-19-15-20-13-14-29(5,26(35)31-25(20)30-16-19)32-27(36)38-28(2,3)4/h7-12,15-16H,13-14,17H2,1-6H3,(H,32,36)(H,30,31,35)/b12-11+. The number of pyridine rings is 1. The fourth-order valence-electron chi connectivity index (χ4n) is 4.34. The van der Waals surface area contributed by atoms with Crippen molar-refractivity contribution >= 4 is 40.8 Å². The van der Waals surface area contributed by atoms with Crippen molar-refractivity contribution in [3.63, 3.8) is 0 Å². The third-order valence-corrected chi connectivity index (χ3v) is 6.48. The van der Waals surface area contributed by atoms with Crippen molar-refractivity contribution in [2.45, 2.75) is 65.1 Å². The Morgan fingerprint density at radius 2 is 2.03 bits per heavy atom. The Balaban J connectivity index is 1.43. The van der Waals surface area contributed by atoms with Crippen molar-refractivity contribution in [1.82, 2.24) is 15.2 Å². The van der Waals surface area contributed by atoms with E-state index in [2.05, 4.69) is 15.6 Å². The number of amides is 3. The minimum absolute atomic E-state index is 0.160. The topological polar surface area (TPSA) is 114 Å². The van der Waals surface area contributed by atoms with Crippen molar-refractivity contribution in [3.05, 3.63) is 65.1 Å². The fraction of sp³-hybridized carbons (Fsp3) is 0.379. The highest BCUT2D eigenvalue weighted by molar-refractivity contribution is 6.00. The molecule has 0 aliphatic carbocycles. The van der Waals surface area contributed by atoms with Crippen LogP contribution < -0.4 is 10.6 Å². The van der Waals surface area contributed by atoms with Gasteiger partial charge < -0.3 is 24.7 Å². The highest BCUT2D eigenvalue weighted by Crippen LogP contribution is 2.28. The van der Waals surface area contributed by atoms with Gasteiger partial charge in [-0.25, -0.2) is 9.78 Å². The lowest BCUT2D eigenvalue weighted by atomic mass is 9.94. The van der Waals surface area contributed by atoms with E-state index >= 15 is 0 Å². The first-order valence-corrected chi connectivity index (χ1v) is 12.6. The maximum Gasteiger partial charge on any atom is 0.408 e. The van der Waals surface area contributed by atoms with E-state index in [9.17, 15) is 14.4 Å². The Kier molecular flexibility index (Phi) is 7.31. The maximum absolute atomic E-state index is 12.9. The molecule has 1 atom stereocenters. The highest BCUT2D eigenvalue weighted by Gasteiger charge is 2.38. The molecule has 0 bridgehead atoms. The van der Waals surface area contributed by atoms with Crippen LogP contribution in [-0.4, -0.2) is 46.0 Å². The number of nitrogens with one attached hydrogen (secondary N) is 2. The Morgan fingerprint density at radius 3 is 2.76 bits per heavy atom. The number of rotatable bonds is 5. The molecule has 1 aliphatic rings. The fourth-order valence-corrected chi connectivity index (χ4v) is 4.34. The first kappa shape index (κ1) is 26.9. The van der Waals surface area contributed by atoms with E-state index in [4.69, 9.17) is 9.15 Å². The molecule has 1 unspecified atom stereocenters. The average Bonchev–Trinajstić information content (AvgIpc) is 3.09. The van der Waals surface area contributed by atoms with E-state index in [0.717, 1.165) is 33.4 Å². The van der Waals surface area contributed by atoms with Gasteiger partial charge >= 0.3 is 6.09 Å². The molecule has 0 saturated carbocycles. The van der Waals surface area contributed by atoms with Gasteiger partial charge in [0.15, 0.2) is 0 Å². The number of nitrogens with zero attached hydrogens (tertiary/aromatic N) is 2. The Bertz CT molecular complexity index is 1420. The molecule has 200 valence electrons. The average molecular weight is 519 g/mol. The van der Waals surface area contributed by atoms with Crippen LogP contribution in [0.4, 0.5) is 10.6 Å². The van der Waals surface area contributed by atoms with Gasteiger partial charge in [-0.3, -0.25) is 9.59 Å². The Hall–Kier alpha value is -4.14. The number of alkyl carbamates (subject to hydrolysis) is 1. The maximum atomic E-state index is 12.9. The molecule has 0 saturated heterocycles. The number of fused-ring (bicyclic) bond motifs is 2. The molecule has 0 radical (unpaired) electrons. The Labute approximate surface area is 222 Å². The molecule has 1 aliphatic heterocycles. The van der Waals surface area contributed by atoms with E-state index in [1.54, 1.807) is 51.9 Å². The second-order valence-corrected chi connectivity index (χ2v) is 10.9. The molecule has 38 heavy (non-hydrogen) atoms. The molecule has 1 aromatic carbocycles. The summed E-state index contributed by atoms with van der Waals surface area (Å²) in [6, 6.07) is 9.66. The SMILES string of the molecule is Cc1oc2ccccc2c1CN(C)C(=O)/C=C/c1cnc2c(c1)CCC(C)(NC(=O)OC(C)(C)C)C(=O)N2. The van der Waals surface area contributed by atoms with Crippen molar-refractivity contribution in [1.29, 1.82) is 0 Å². The number of para-hydroxylation sites is 1. The molecule has 3 aromatic rings. The van der Waals surface area contributed by atoms with Gasteiger partial charge in [-0.1, -0.05) is 18.2 Å². The predicted octanol–water partition coefficient (Wildman–Crippen LogP) is 4.98. The number of aryl methyl sites for hydroxylation is 2. The van der Waals surface area contributed by atoms with E-state index in [1.807, 2.05) is 37.3 Å². The van der Waals surface area contributed by atoms with Gasteiger partial charge in [0.05, 0.1) is 0 Å². The molecule has 0 spiro atoms. The molecule has 0 fully saturated rings. The van der Waals surface area contributed by atoms with Crippen LogP contribution in [0.25, 0.3) is 17.0 Å². The van der Waals surface area contributed by atoms with Gasteiger partial charge in [-0.15, -0.1) is 0 Å². The number of hydrogen-bond donors (Lipinski definition) is 2. The molecule has 4 rings (SSSR count). The summed E-state index contributed by atoms with van der Waals surface area (Å²) in [7, 11) is 1.75. The van der Waals surface area contributed by atoms with Crippen molar-refractivity contribution < 1.29 is 23.5 Å². The smallest absolute Gasteiger partial charge is 0.408 e. The minimum atomic E-state index is -1.16. The number of benzene rings is 1. The zero-order valence-corrected chi connectivity index (χ0v) is 22.7. The summed E-state index contributed by atoms with van der Waals surface area (Å²) < 4.78 is 11.1. The highest BCUT2D eigenvalue weighted by atomic mass is 16.6. The second-order valence-electron chi connectivity index (χ2n) is 10.9. The van der Waals surface area contributed by atoms with E-state index in [1.165, 1.54) is 6.08 Å². The third-order valence-electron chi connectivity index (χ3n) is 6.48. The molecular weight excluding hydrogens is 484 g/mol. The van der Waals surface area contributed by atoms with Crippen LogP contribution in [0, 0.1) is 6.92 Å². The third kappa shape index (κ3) is 6.04. The van der Waals surface area contributed by atoms with E-state index in [-0.39, 0.29) is 11.8 Å². The van der Waals surface area contributed by atoms with Crippen LogP contribution in [0.3, 0.4) is 0 Å². The summed E-state index contributed by atoms with van der Waals surface area (Å²) in [5.74, 6) is 0.705. The molecule has 9 heteroatoms. The molecule has 3 amide bonds. The molecular formula is C29H34N4O5. The van der Waals surface area contributed by atoms with Crippen molar-refractivity contribution in [2.24, 2.45) is 0 Å². The van der Waals surface area contributed by atoms with Gasteiger partial charge in [0.25, 0.3) is 5.91 Å². The molecule has 3 heterocycles. The minimum Gasteiger partial charge on any atom is -0.461 e. The predicted molar refractivity (Wildman–Crippen MR) is 145 cm³/mol. The summed E-state index contributed by atoms with van der Waals surface area (Å²) in [6.07, 6.45) is 5.01. The summed E-state index contributed by atoms with van der Waals surface area (Å²) >= 11 is 0. The number of hydrogen-bond acceptors (Lipinski definition) is 6. The summed E-state index contributed by atoms with van der Waals surface area (Å²) in [6.45, 7) is 9.28. The monoisotopic (exact) mass is 518 g/mol.